The first-order valence-corrected chi connectivity index (χ1v) is 5.36. The van der Waals surface area contributed by atoms with Crippen molar-refractivity contribution in [2.24, 2.45) is 0 Å². The van der Waals surface area contributed by atoms with E-state index in [0.717, 1.165) is 4.57 Å². The smallest absolute Gasteiger partial charge is 0.286 e. The number of aromatic nitrogens is 3. The van der Waals surface area contributed by atoms with Crippen LogP contribution in [0, 0.1) is 0 Å². The van der Waals surface area contributed by atoms with Crippen molar-refractivity contribution in [3.05, 3.63) is 21.0 Å². The summed E-state index contributed by atoms with van der Waals surface area (Å²) in [5.74, 6) is 0. The van der Waals surface area contributed by atoms with Crippen molar-refractivity contribution in [1.82, 2.24) is 14.5 Å². The molecule has 0 atom stereocenters. The molecule has 0 fully saturated rings. The van der Waals surface area contributed by atoms with E-state index in [2.05, 4.69) is 9.97 Å². The Labute approximate surface area is 85.6 Å². The van der Waals surface area contributed by atoms with Gasteiger partial charge in [0, 0.05) is 5.54 Å². The van der Waals surface area contributed by atoms with E-state index in [1.807, 2.05) is 0 Å². The molecule has 0 saturated heterocycles. The highest BCUT2D eigenvalue weighted by molar-refractivity contribution is 7.98. The number of nitrogens with zero attached hydrogens (tertiary/aromatic N) is 2. The minimum Gasteiger partial charge on any atom is -0.286 e. The average molecular weight is 215 g/mol. The number of nitrogens with one attached hydrogen (secondary N) is 1. The first kappa shape index (κ1) is 11.0. The van der Waals surface area contributed by atoms with Crippen molar-refractivity contribution in [3.8, 4) is 0 Å². The highest BCUT2D eigenvalue weighted by Crippen LogP contribution is 2.07. The van der Waals surface area contributed by atoms with Gasteiger partial charge in [0.05, 0.1) is 0 Å². The molecule has 0 aliphatic carbocycles. The van der Waals surface area contributed by atoms with Gasteiger partial charge in [0.1, 0.15) is 0 Å². The van der Waals surface area contributed by atoms with E-state index in [4.69, 9.17) is 0 Å². The van der Waals surface area contributed by atoms with Crippen LogP contribution >= 0.6 is 11.8 Å². The monoisotopic (exact) mass is 215 g/mol. The van der Waals surface area contributed by atoms with Gasteiger partial charge in [0.25, 0.3) is 0 Å². The molecular formula is C8H13N3O2S. The van der Waals surface area contributed by atoms with Crippen LogP contribution in [0.25, 0.3) is 0 Å². The first-order valence-electron chi connectivity index (χ1n) is 4.14. The largest absolute Gasteiger partial charge is 0.354 e. The van der Waals surface area contributed by atoms with Gasteiger partial charge in [-0.15, -0.1) is 0 Å². The van der Waals surface area contributed by atoms with Crippen LogP contribution in [0.15, 0.2) is 14.7 Å². The average Bonchev–Trinajstić information content (AvgIpc) is 1.99. The van der Waals surface area contributed by atoms with Gasteiger partial charge in [-0.25, -0.2) is 14.2 Å². The van der Waals surface area contributed by atoms with E-state index in [1.54, 1.807) is 27.0 Å². The number of H-pyrrole nitrogens is 1. The Morgan fingerprint density at radius 3 is 2.29 bits per heavy atom. The van der Waals surface area contributed by atoms with Crippen LogP contribution in [0.4, 0.5) is 0 Å². The van der Waals surface area contributed by atoms with E-state index >= 15 is 0 Å². The van der Waals surface area contributed by atoms with Gasteiger partial charge in [0.2, 0.25) is 0 Å². The van der Waals surface area contributed by atoms with E-state index in [1.165, 1.54) is 11.8 Å². The van der Waals surface area contributed by atoms with Crippen LogP contribution in [-0.4, -0.2) is 20.8 Å². The standard InChI is InChI=1S/C8H13N3O2S/c1-8(2,3)11-6(12)9-5(14-4)10-7(11)13/h1-4H3,(H,9,10,12,13). The molecule has 0 aliphatic rings. The molecule has 6 heteroatoms. The zero-order chi connectivity index (χ0) is 10.9. The van der Waals surface area contributed by atoms with Crippen LogP contribution in [0.5, 0.6) is 0 Å². The molecular weight excluding hydrogens is 202 g/mol. The minimum absolute atomic E-state index is 0.348. The fraction of sp³-hybridized carbons (Fsp3) is 0.625. The summed E-state index contributed by atoms with van der Waals surface area (Å²) in [4.78, 5) is 29.3. The summed E-state index contributed by atoms with van der Waals surface area (Å²) in [6, 6.07) is 0. The molecule has 0 unspecified atom stereocenters. The molecule has 78 valence electrons. The highest BCUT2D eigenvalue weighted by atomic mass is 32.2. The van der Waals surface area contributed by atoms with Crippen molar-refractivity contribution in [2.45, 2.75) is 31.5 Å². The van der Waals surface area contributed by atoms with E-state index in [9.17, 15) is 9.59 Å². The number of rotatable bonds is 1. The molecule has 0 amide bonds. The zero-order valence-corrected chi connectivity index (χ0v) is 9.44. The summed E-state index contributed by atoms with van der Waals surface area (Å²) in [5, 5.41) is 0.348. The Kier molecular flexibility index (Phi) is 2.84. The number of aromatic amines is 1. The molecule has 0 bridgehead atoms. The lowest BCUT2D eigenvalue weighted by molar-refractivity contribution is 0.353. The summed E-state index contributed by atoms with van der Waals surface area (Å²) in [7, 11) is 0. The third-order valence-corrected chi connectivity index (χ3v) is 2.25. The van der Waals surface area contributed by atoms with Gasteiger partial charge in [-0.05, 0) is 27.0 Å². The minimum atomic E-state index is -0.547. The number of hydrogen-bond acceptors (Lipinski definition) is 4. The lowest BCUT2D eigenvalue weighted by Crippen LogP contribution is -2.46. The van der Waals surface area contributed by atoms with Crippen molar-refractivity contribution in [2.75, 3.05) is 6.26 Å². The maximum absolute atomic E-state index is 11.5. The lowest BCUT2D eigenvalue weighted by Gasteiger charge is -2.19. The van der Waals surface area contributed by atoms with Crippen molar-refractivity contribution in [3.63, 3.8) is 0 Å². The maximum atomic E-state index is 11.5. The van der Waals surface area contributed by atoms with Gasteiger partial charge < -0.3 is 0 Å². The predicted octanol–water partition coefficient (Wildman–Crippen LogP) is 0.408. The van der Waals surface area contributed by atoms with Crippen molar-refractivity contribution >= 4 is 11.8 Å². The summed E-state index contributed by atoms with van der Waals surface area (Å²) in [6.07, 6.45) is 1.75. The quantitative estimate of drug-likeness (QED) is 0.689. The second kappa shape index (κ2) is 3.61. The van der Waals surface area contributed by atoms with Gasteiger partial charge in [-0.1, -0.05) is 11.8 Å². The Hall–Kier alpha value is -1.04. The number of hydrogen-bond donors (Lipinski definition) is 1. The third-order valence-electron chi connectivity index (χ3n) is 1.67. The second-order valence-electron chi connectivity index (χ2n) is 3.84. The van der Waals surface area contributed by atoms with Crippen molar-refractivity contribution < 1.29 is 0 Å². The summed E-state index contributed by atoms with van der Waals surface area (Å²) >= 11 is 1.24. The fourth-order valence-electron chi connectivity index (χ4n) is 1.09. The molecule has 0 saturated carbocycles. The van der Waals surface area contributed by atoms with E-state index in [0.29, 0.717) is 5.16 Å². The third kappa shape index (κ3) is 2.06. The molecule has 0 aliphatic heterocycles. The highest BCUT2D eigenvalue weighted by Gasteiger charge is 2.18. The van der Waals surface area contributed by atoms with Crippen LogP contribution in [0.3, 0.4) is 0 Å². The van der Waals surface area contributed by atoms with Crippen LogP contribution in [-0.2, 0) is 5.54 Å². The molecule has 1 aromatic rings. The Morgan fingerprint density at radius 2 is 1.93 bits per heavy atom. The Balaban J connectivity index is 3.49. The molecule has 1 N–H and O–H groups in total. The molecule has 1 rings (SSSR count). The fourth-order valence-corrected chi connectivity index (χ4v) is 1.45. The maximum Gasteiger partial charge on any atom is 0.354 e. The van der Waals surface area contributed by atoms with Crippen LogP contribution in [0.2, 0.25) is 0 Å². The number of thioether (sulfide) groups is 1. The molecule has 1 heterocycles. The zero-order valence-electron chi connectivity index (χ0n) is 8.62. The topological polar surface area (TPSA) is 67.8 Å². The van der Waals surface area contributed by atoms with Gasteiger partial charge in [-0.2, -0.15) is 4.98 Å². The van der Waals surface area contributed by atoms with Gasteiger partial charge in [-0.3, -0.25) is 4.98 Å². The van der Waals surface area contributed by atoms with Crippen LogP contribution in [0.1, 0.15) is 20.8 Å². The summed E-state index contributed by atoms with van der Waals surface area (Å²) in [6.45, 7) is 5.35. The normalized spacial score (nSPS) is 11.7. The van der Waals surface area contributed by atoms with Gasteiger partial charge >= 0.3 is 11.4 Å². The molecule has 0 aromatic carbocycles. The summed E-state index contributed by atoms with van der Waals surface area (Å²) in [5.41, 5.74) is -1.47. The van der Waals surface area contributed by atoms with Crippen molar-refractivity contribution in [1.29, 1.82) is 0 Å². The van der Waals surface area contributed by atoms with Crippen LogP contribution < -0.4 is 11.4 Å². The molecule has 0 radical (unpaired) electrons. The first-order chi connectivity index (χ1) is 6.36. The molecule has 1 aromatic heterocycles. The van der Waals surface area contributed by atoms with E-state index < -0.39 is 16.9 Å². The summed E-state index contributed by atoms with van der Waals surface area (Å²) < 4.78 is 1.10. The SMILES string of the molecule is CSc1nc(=O)n(C(C)(C)C)c(=O)[nH]1. The molecule has 14 heavy (non-hydrogen) atoms. The lowest BCUT2D eigenvalue weighted by atomic mass is 10.1. The molecule has 5 nitrogen and oxygen atoms in total. The van der Waals surface area contributed by atoms with Gasteiger partial charge in [0.15, 0.2) is 5.16 Å². The second-order valence-corrected chi connectivity index (χ2v) is 4.63. The Morgan fingerprint density at radius 1 is 1.36 bits per heavy atom. The predicted molar refractivity (Wildman–Crippen MR) is 55.9 cm³/mol. The molecule has 0 spiro atoms. The van der Waals surface area contributed by atoms with E-state index in [-0.39, 0.29) is 0 Å². The Bertz CT molecular complexity index is 410.